The van der Waals surface area contributed by atoms with E-state index in [4.69, 9.17) is 4.74 Å². The molecule has 39 heavy (non-hydrogen) atoms. The van der Waals surface area contributed by atoms with Gasteiger partial charge in [0.05, 0.1) is 35.9 Å². The third-order valence-electron chi connectivity index (χ3n) is 6.61. The molecule has 0 saturated heterocycles. The van der Waals surface area contributed by atoms with E-state index in [1.165, 1.54) is 19.2 Å². The Labute approximate surface area is 223 Å². The Morgan fingerprint density at radius 1 is 0.923 bits per heavy atom. The monoisotopic (exact) mass is 520 g/mol. The Balaban J connectivity index is 1.41. The summed E-state index contributed by atoms with van der Waals surface area (Å²) in [5.41, 5.74) is 6.96. The number of hydrogen-bond donors (Lipinski definition) is 3. The second-order valence-electron chi connectivity index (χ2n) is 9.62. The number of carbonyl (C=O) groups excluding carboxylic acids is 1. The molecule has 0 radical (unpaired) electrons. The summed E-state index contributed by atoms with van der Waals surface area (Å²) in [4.78, 5) is 24.4. The molecular weight excluding hydrogens is 495 g/mol. The summed E-state index contributed by atoms with van der Waals surface area (Å²) in [6.45, 7) is 3.69. The van der Waals surface area contributed by atoms with Crippen molar-refractivity contribution in [2.75, 3.05) is 12.4 Å². The van der Waals surface area contributed by atoms with Crippen LogP contribution < -0.4 is 10.1 Å². The maximum absolute atomic E-state index is 14.2. The van der Waals surface area contributed by atoms with Gasteiger partial charge in [0.2, 0.25) is 5.91 Å². The van der Waals surface area contributed by atoms with Gasteiger partial charge in [-0.3, -0.25) is 19.9 Å². The molecule has 6 aromatic rings. The molecular formula is C30H25FN6O2. The van der Waals surface area contributed by atoms with E-state index >= 15 is 0 Å². The number of aromatic amines is 2. The van der Waals surface area contributed by atoms with E-state index in [2.05, 4.69) is 30.5 Å². The molecule has 0 unspecified atom stereocenters. The fourth-order valence-electron chi connectivity index (χ4n) is 4.58. The number of carbonyl (C=O) groups is 1. The highest BCUT2D eigenvalue weighted by atomic mass is 19.1. The van der Waals surface area contributed by atoms with Crippen molar-refractivity contribution in [3.8, 4) is 39.5 Å². The Kier molecular flexibility index (Phi) is 6.03. The summed E-state index contributed by atoms with van der Waals surface area (Å²) in [7, 11) is 1.51. The number of methoxy groups -OCH3 is 1. The maximum Gasteiger partial charge on any atom is 0.226 e. The molecule has 4 aromatic heterocycles. The fourth-order valence-corrected chi connectivity index (χ4v) is 4.58. The average Bonchev–Trinajstić information content (AvgIpc) is 3.56. The van der Waals surface area contributed by atoms with Crippen molar-refractivity contribution in [2.24, 2.45) is 5.92 Å². The van der Waals surface area contributed by atoms with Crippen LogP contribution in [0.2, 0.25) is 0 Å². The second-order valence-corrected chi connectivity index (χ2v) is 9.62. The van der Waals surface area contributed by atoms with Gasteiger partial charge in [0.25, 0.3) is 0 Å². The molecule has 4 heterocycles. The lowest BCUT2D eigenvalue weighted by molar-refractivity contribution is -0.118. The predicted molar refractivity (Wildman–Crippen MR) is 150 cm³/mol. The molecule has 8 nitrogen and oxygen atoms in total. The molecule has 0 aliphatic heterocycles. The number of hydrogen-bond acceptors (Lipinski definition) is 5. The van der Waals surface area contributed by atoms with Gasteiger partial charge in [-0.25, -0.2) is 4.39 Å². The quantitative estimate of drug-likeness (QED) is 0.230. The van der Waals surface area contributed by atoms with Gasteiger partial charge in [-0.1, -0.05) is 19.9 Å². The minimum absolute atomic E-state index is 0.0640. The summed E-state index contributed by atoms with van der Waals surface area (Å²) in [6, 6.07) is 16.3. The van der Waals surface area contributed by atoms with Crippen LogP contribution in [0.3, 0.4) is 0 Å². The van der Waals surface area contributed by atoms with Crippen molar-refractivity contribution < 1.29 is 13.9 Å². The van der Waals surface area contributed by atoms with Crippen LogP contribution in [0.1, 0.15) is 13.8 Å². The van der Waals surface area contributed by atoms with E-state index in [9.17, 15) is 9.18 Å². The number of halogens is 1. The lowest BCUT2D eigenvalue weighted by atomic mass is 10.0. The Hall–Kier alpha value is -5.05. The molecule has 0 fully saturated rings. The molecule has 194 valence electrons. The highest BCUT2D eigenvalue weighted by Crippen LogP contribution is 2.35. The standard InChI is InChI=1S/C30H25FN6O2/c1-16(2)30(38)34-21-9-19(14-32-15-21)17-4-5-26-23(11-17)29(37-36-26)27-13-24-25(35-27)6-7-33-28(24)18-8-20(31)12-22(10-18)39-3/h4-16,35H,1-3H3,(H,34,38)(H,36,37). The summed E-state index contributed by atoms with van der Waals surface area (Å²) in [5.74, 6) is -0.167. The molecule has 0 saturated carbocycles. The van der Waals surface area contributed by atoms with E-state index in [0.717, 1.165) is 44.3 Å². The van der Waals surface area contributed by atoms with Crippen molar-refractivity contribution >= 4 is 33.4 Å². The highest BCUT2D eigenvalue weighted by Gasteiger charge is 2.16. The number of H-pyrrole nitrogens is 2. The molecule has 0 atom stereocenters. The molecule has 0 bridgehead atoms. The number of fused-ring (bicyclic) bond motifs is 2. The van der Waals surface area contributed by atoms with Gasteiger partial charge >= 0.3 is 0 Å². The lowest BCUT2D eigenvalue weighted by Gasteiger charge is -2.09. The van der Waals surface area contributed by atoms with Gasteiger partial charge in [-0.15, -0.1) is 0 Å². The number of amides is 1. The molecule has 0 aliphatic carbocycles. The first-order valence-electron chi connectivity index (χ1n) is 12.5. The SMILES string of the molecule is COc1cc(F)cc(-c2nccc3[nH]c(-c4n[nH]c5ccc(-c6cncc(NC(=O)C(C)C)c6)cc45)cc23)c1. The minimum Gasteiger partial charge on any atom is -0.497 e. The van der Waals surface area contributed by atoms with Gasteiger partial charge in [-0.2, -0.15) is 5.10 Å². The van der Waals surface area contributed by atoms with Crippen LogP contribution in [0.5, 0.6) is 5.75 Å². The molecule has 3 N–H and O–H groups in total. The molecule has 0 spiro atoms. The summed E-state index contributed by atoms with van der Waals surface area (Å²) < 4.78 is 19.5. The number of ether oxygens (including phenoxy) is 1. The van der Waals surface area contributed by atoms with E-state index < -0.39 is 5.82 Å². The van der Waals surface area contributed by atoms with Gasteiger partial charge < -0.3 is 15.0 Å². The zero-order valence-electron chi connectivity index (χ0n) is 21.5. The lowest BCUT2D eigenvalue weighted by Crippen LogP contribution is -2.17. The summed E-state index contributed by atoms with van der Waals surface area (Å²) in [6.07, 6.45) is 5.09. The third-order valence-corrected chi connectivity index (χ3v) is 6.61. The number of pyridine rings is 2. The van der Waals surface area contributed by atoms with Crippen molar-refractivity contribution in [1.29, 1.82) is 0 Å². The van der Waals surface area contributed by atoms with Crippen molar-refractivity contribution in [3.63, 3.8) is 0 Å². The van der Waals surface area contributed by atoms with Crippen LogP contribution in [-0.4, -0.2) is 38.2 Å². The first-order chi connectivity index (χ1) is 18.9. The molecule has 1 amide bonds. The fraction of sp³-hybridized carbons (Fsp3) is 0.133. The highest BCUT2D eigenvalue weighted by molar-refractivity contribution is 6.01. The zero-order chi connectivity index (χ0) is 27.1. The Morgan fingerprint density at radius 3 is 2.59 bits per heavy atom. The molecule has 2 aromatic carbocycles. The largest absolute Gasteiger partial charge is 0.497 e. The van der Waals surface area contributed by atoms with Gasteiger partial charge in [-0.05, 0) is 48.0 Å². The van der Waals surface area contributed by atoms with Crippen LogP contribution in [0.4, 0.5) is 10.1 Å². The third kappa shape index (κ3) is 4.59. The van der Waals surface area contributed by atoms with Crippen LogP contribution >= 0.6 is 0 Å². The topological polar surface area (TPSA) is 109 Å². The molecule has 6 rings (SSSR count). The first kappa shape index (κ1) is 24.3. The average molecular weight is 521 g/mol. The van der Waals surface area contributed by atoms with Crippen molar-refractivity contribution in [3.05, 3.63) is 79.0 Å². The minimum atomic E-state index is -0.396. The van der Waals surface area contributed by atoms with Crippen molar-refractivity contribution in [2.45, 2.75) is 13.8 Å². The number of anilines is 1. The molecule has 9 heteroatoms. The van der Waals surface area contributed by atoms with Crippen LogP contribution in [0, 0.1) is 11.7 Å². The van der Waals surface area contributed by atoms with E-state index in [-0.39, 0.29) is 11.8 Å². The van der Waals surface area contributed by atoms with Gasteiger partial charge in [0.1, 0.15) is 17.3 Å². The van der Waals surface area contributed by atoms with Crippen LogP contribution in [0.15, 0.2) is 73.2 Å². The van der Waals surface area contributed by atoms with Crippen LogP contribution in [0.25, 0.3) is 55.6 Å². The predicted octanol–water partition coefficient (Wildman–Crippen LogP) is 6.58. The maximum atomic E-state index is 14.2. The Bertz CT molecular complexity index is 1860. The number of nitrogens with one attached hydrogen (secondary N) is 3. The van der Waals surface area contributed by atoms with Gasteiger partial charge in [0.15, 0.2) is 0 Å². The Morgan fingerprint density at radius 2 is 1.77 bits per heavy atom. The second kappa shape index (κ2) is 9.68. The molecule has 0 aliphatic rings. The number of rotatable bonds is 6. The summed E-state index contributed by atoms with van der Waals surface area (Å²) in [5, 5.41) is 12.3. The van der Waals surface area contributed by atoms with Gasteiger partial charge in [0, 0.05) is 51.8 Å². The smallest absolute Gasteiger partial charge is 0.226 e. The van der Waals surface area contributed by atoms with Crippen molar-refractivity contribution in [1.82, 2.24) is 25.1 Å². The van der Waals surface area contributed by atoms with E-state index in [1.54, 1.807) is 24.7 Å². The van der Waals surface area contributed by atoms with Crippen LogP contribution in [-0.2, 0) is 4.79 Å². The first-order valence-corrected chi connectivity index (χ1v) is 12.5. The van der Waals surface area contributed by atoms with E-state index in [1.807, 2.05) is 50.2 Å². The summed E-state index contributed by atoms with van der Waals surface area (Å²) >= 11 is 0. The van der Waals surface area contributed by atoms with E-state index in [0.29, 0.717) is 22.7 Å². The number of nitrogens with zero attached hydrogens (tertiary/aromatic N) is 3. The zero-order valence-corrected chi connectivity index (χ0v) is 21.5. The number of aromatic nitrogens is 5. The normalized spacial score (nSPS) is 11.4. The number of benzene rings is 2.